The fraction of sp³-hybridized carbons (Fsp3) is 0.619. The van der Waals surface area contributed by atoms with E-state index in [9.17, 15) is 18.0 Å². The van der Waals surface area contributed by atoms with Crippen LogP contribution in [0.4, 0.5) is 0 Å². The molecule has 30 heavy (non-hydrogen) atoms. The molecule has 166 valence electrons. The van der Waals surface area contributed by atoms with E-state index in [2.05, 4.69) is 10.6 Å². The number of nitrogens with one attached hydrogen (secondary N) is 2. The van der Waals surface area contributed by atoms with Crippen molar-refractivity contribution in [2.45, 2.75) is 68.3 Å². The summed E-state index contributed by atoms with van der Waals surface area (Å²) in [6.45, 7) is 0.509. The van der Waals surface area contributed by atoms with Crippen molar-refractivity contribution in [3.8, 4) is 5.75 Å². The molecule has 1 atom stereocenters. The molecule has 9 heteroatoms. The van der Waals surface area contributed by atoms with E-state index < -0.39 is 21.8 Å². The van der Waals surface area contributed by atoms with Gasteiger partial charge < -0.3 is 15.4 Å². The van der Waals surface area contributed by atoms with Gasteiger partial charge >= 0.3 is 11.8 Å². The highest BCUT2D eigenvalue weighted by atomic mass is 32.2. The quantitative estimate of drug-likeness (QED) is 0.522. The third-order valence-corrected chi connectivity index (χ3v) is 7.85. The van der Waals surface area contributed by atoms with E-state index in [-0.39, 0.29) is 23.5 Å². The second-order valence-electron chi connectivity index (χ2n) is 7.96. The Hall–Kier alpha value is -2.13. The zero-order chi connectivity index (χ0) is 21.6. The summed E-state index contributed by atoms with van der Waals surface area (Å²) in [5.41, 5.74) is 0. The molecular formula is C21H31N3O5S. The number of rotatable bonds is 6. The van der Waals surface area contributed by atoms with Crippen LogP contribution in [0.5, 0.6) is 5.75 Å². The van der Waals surface area contributed by atoms with Crippen molar-refractivity contribution in [2.24, 2.45) is 0 Å². The second-order valence-corrected chi connectivity index (χ2v) is 9.85. The van der Waals surface area contributed by atoms with Crippen LogP contribution in [0.2, 0.25) is 0 Å². The molecule has 3 rings (SSSR count). The molecule has 2 amide bonds. The molecule has 2 N–H and O–H groups in total. The molecule has 1 aromatic rings. The highest BCUT2D eigenvalue weighted by Gasteiger charge is 2.35. The third kappa shape index (κ3) is 5.51. The van der Waals surface area contributed by atoms with E-state index in [0.717, 1.165) is 25.7 Å². The minimum Gasteiger partial charge on any atom is -0.497 e. The Morgan fingerprint density at radius 1 is 1.00 bits per heavy atom. The van der Waals surface area contributed by atoms with Crippen molar-refractivity contribution in [1.82, 2.24) is 14.9 Å². The molecule has 1 saturated carbocycles. The van der Waals surface area contributed by atoms with Crippen LogP contribution in [0.1, 0.15) is 51.4 Å². The minimum absolute atomic E-state index is 0.0455. The van der Waals surface area contributed by atoms with Gasteiger partial charge in [-0.25, -0.2) is 8.42 Å². The molecule has 1 unspecified atom stereocenters. The van der Waals surface area contributed by atoms with Crippen molar-refractivity contribution in [3.05, 3.63) is 24.3 Å². The standard InChI is InChI=1S/C21H31N3O5S/c1-29-18-10-12-19(13-11-18)30(27,28)24-14-6-9-17(24)15-22-20(25)21(26)23-16-7-4-2-3-5-8-16/h10-13,16-17H,2-9,14-15H2,1H3,(H,22,25)(H,23,26). The summed E-state index contributed by atoms with van der Waals surface area (Å²) < 4.78 is 32.5. The Morgan fingerprint density at radius 2 is 1.67 bits per heavy atom. The first-order valence-corrected chi connectivity index (χ1v) is 12.1. The first kappa shape index (κ1) is 22.6. The molecular weight excluding hydrogens is 406 g/mol. The molecule has 8 nitrogen and oxygen atoms in total. The van der Waals surface area contributed by atoms with E-state index in [1.54, 1.807) is 12.1 Å². The highest BCUT2D eigenvalue weighted by molar-refractivity contribution is 7.89. The van der Waals surface area contributed by atoms with E-state index in [1.165, 1.54) is 36.4 Å². The van der Waals surface area contributed by atoms with Gasteiger partial charge in [-0.2, -0.15) is 4.31 Å². The molecule has 0 radical (unpaired) electrons. The molecule has 1 aliphatic carbocycles. The maximum absolute atomic E-state index is 13.0. The number of carbonyl (C=O) groups excluding carboxylic acids is 2. The van der Waals surface area contributed by atoms with Gasteiger partial charge in [0, 0.05) is 25.2 Å². The fourth-order valence-corrected chi connectivity index (χ4v) is 5.87. The zero-order valence-corrected chi connectivity index (χ0v) is 18.2. The van der Waals surface area contributed by atoms with E-state index in [1.807, 2.05) is 0 Å². The maximum atomic E-state index is 13.0. The number of ether oxygens (including phenoxy) is 1. The minimum atomic E-state index is -3.68. The van der Waals surface area contributed by atoms with Gasteiger partial charge in [-0.3, -0.25) is 9.59 Å². The van der Waals surface area contributed by atoms with Crippen molar-refractivity contribution in [2.75, 3.05) is 20.2 Å². The Balaban J connectivity index is 1.56. The summed E-state index contributed by atoms with van der Waals surface area (Å²) in [7, 11) is -2.16. The summed E-state index contributed by atoms with van der Waals surface area (Å²) in [6, 6.07) is 5.93. The van der Waals surface area contributed by atoms with Crippen molar-refractivity contribution in [3.63, 3.8) is 0 Å². The molecule has 1 heterocycles. The van der Waals surface area contributed by atoms with Crippen LogP contribution in [-0.2, 0) is 19.6 Å². The number of benzene rings is 1. The maximum Gasteiger partial charge on any atom is 0.309 e. The molecule has 0 aromatic heterocycles. The summed E-state index contributed by atoms with van der Waals surface area (Å²) in [5.74, 6) is -0.753. The normalized spacial score (nSPS) is 21.0. The first-order valence-electron chi connectivity index (χ1n) is 10.7. The number of methoxy groups -OCH3 is 1. The van der Waals surface area contributed by atoms with Crippen LogP contribution in [-0.4, -0.2) is 56.8 Å². The average molecular weight is 438 g/mol. The Labute approximate surface area is 178 Å². The van der Waals surface area contributed by atoms with Gasteiger partial charge in [-0.1, -0.05) is 25.7 Å². The topological polar surface area (TPSA) is 105 Å². The predicted molar refractivity (Wildman–Crippen MR) is 113 cm³/mol. The van der Waals surface area contributed by atoms with Crippen LogP contribution in [0.25, 0.3) is 0 Å². The summed E-state index contributed by atoms with van der Waals surface area (Å²) in [6.07, 6.45) is 7.60. The molecule has 2 fully saturated rings. The van der Waals surface area contributed by atoms with Gasteiger partial charge in [0.1, 0.15) is 5.75 Å². The first-order chi connectivity index (χ1) is 14.4. The largest absolute Gasteiger partial charge is 0.497 e. The van der Waals surface area contributed by atoms with Gasteiger partial charge in [-0.15, -0.1) is 0 Å². The van der Waals surface area contributed by atoms with Gasteiger partial charge in [-0.05, 0) is 49.9 Å². The van der Waals surface area contributed by atoms with Crippen LogP contribution >= 0.6 is 0 Å². The Bertz CT molecular complexity index is 833. The SMILES string of the molecule is COc1ccc(S(=O)(=O)N2CCCC2CNC(=O)C(=O)NC2CCCCCC2)cc1. The second kappa shape index (κ2) is 10.3. The fourth-order valence-electron chi connectivity index (χ4n) is 4.18. The van der Waals surface area contributed by atoms with Gasteiger partial charge in [0.25, 0.3) is 0 Å². The van der Waals surface area contributed by atoms with Crippen molar-refractivity contribution < 1.29 is 22.7 Å². The van der Waals surface area contributed by atoms with Crippen LogP contribution in [0, 0.1) is 0 Å². The van der Waals surface area contributed by atoms with Gasteiger partial charge in [0.2, 0.25) is 10.0 Å². The Morgan fingerprint density at radius 3 is 2.30 bits per heavy atom. The van der Waals surface area contributed by atoms with Gasteiger partial charge in [0.05, 0.1) is 12.0 Å². The number of amides is 2. The highest BCUT2D eigenvalue weighted by Crippen LogP contribution is 2.27. The molecule has 0 spiro atoms. The number of sulfonamides is 1. The van der Waals surface area contributed by atoms with Crippen LogP contribution in [0.15, 0.2) is 29.2 Å². The lowest BCUT2D eigenvalue weighted by Crippen LogP contribution is -2.48. The number of carbonyl (C=O) groups is 2. The lowest BCUT2D eigenvalue weighted by atomic mass is 10.1. The molecule has 1 aromatic carbocycles. The predicted octanol–water partition coefficient (Wildman–Crippen LogP) is 1.80. The van der Waals surface area contributed by atoms with E-state index in [4.69, 9.17) is 4.74 Å². The van der Waals surface area contributed by atoms with E-state index >= 15 is 0 Å². The van der Waals surface area contributed by atoms with Crippen LogP contribution < -0.4 is 15.4 Å². The third-order valence-electron chi connectivity index (χ3n) is 5.88. The number of hydrogen-bond donors (Lipinski definition) is 2. The smallest absolute Gasteiger partial charge is 0.309 e. The number of nitrogens with zero attached hydrogens (tertiary/aromatic N) is 1. The monoisotopic (exact) mass is 437 g/mol. The average Bonchev–Trinajstić information content (AvgIpc) is 3.09. The van der Waals surface area contributed by atoms with Crippen molar-refractivity contribution >= 4 is 21.8 Å². The summed E-state index contributed by atoms with van der Waals surface area (Å²) in [5, 5.41) is 5.44. The molecule has 0 bridgehead atoms. The molecule has 1 aliphatic heterocycles. The lowest BCUT2D eigenvalue weighted by molar-refractivity contribution is -0.139. The molecule has 2 aliphatic rings. The summed E-state index contributed by atoms with van der Waals surface area (Å²) in [4.78, 5) is 24.7. The molecule has 1 saturated heterocycles. The van der Waals surface area contributed by atoms with Crippen molar-refractivity contribution in [1.29, 1.82) is 0 Å². The Kier molecular flexibility index (Phi) is 7.71. The van der Waals surface area contributed by atoms with Crippen LogP contribution in [0.3, 0.4) is 0 Å². The number of hydrogen-bond acceptors (Lipinski definition) is 5. The van der Waals surface area contributed by atoms with Gasteiger partial charge in [0.15, 0.2) is 0 Å². The lowest BCUT2D eigenvalue weighted by Gasteiger charge is -2.24. The zero-order valence-electron chi connectivity index (χ0n) is 17.4. The van der Waals surface area contributed by atoms with E-state index in [0.29, 0.717) is 25.1 Å². The summed E-state index contributed by atoms with van der Waals surface area (Å²) >= 11 is 0.